The Labute approximate surface area is 204 Å². The zero-order chi connectivity index (χ0) is 25.1. The summed E-state index contributed by atoms with van der Waals surface area (Å²) < 4.78 is 12.0. The Morgan fingerprint density at radius 2 is 1.97 bits per heavy atom. The smallest absolute Gasteiger partial charge is 0.312 e. The van der Waals surface area contributed by atoms with Gasteiger partial charge in [-0.25, -0.2) is 0 Å². The molecule has 1 spiro atoms. The standard InChI is InChI=1S/C27H32N2O6/c1-5-34-25(33)21-20-24(32)29(16(3)14-30)22(27(20)13-15(2)26(21,4)35-27)23(31)28-19-11-10-17-8-6-7-9-18(17)12-19/h6-12,15-16,20-22,30H,5,13-14H2,1-4H3,(H,28,31)/t15?,16-,20+,21+,22?,26-,27?/m1/s1. The van der Waals surface area contributed by atoms with Gasteiger partial charge in [0.2, 0.25) is 11.8 Å². The molecule has 3 heterocycles. The highest BCUT2D eigenvalue weighted by Gasteiger charge is 2.80. The molecule has 0 aromatic heterocycles. The summed E-state index contributed by atoms with van der Waals surface area (Å²) in [7, 11) is 0. The lowest BCUT2D eigenvalue weighted by Gasteiger charge is -2.36. The van der Waals surface area contributed by atoms with Gasteiger partial charge in [-0.2, -0.15) is 0 Å². The normalized spacial score (nSPS) is 34.2. The first-order valence-corrected chi connectivity index (χ1v) is 12.3. The van der Waals surface area contributed by atoms with Crippen molar-refractivity contribution in [1.29, 1.82) is 0 Å². The molecule has 2 aromatic rings. The van der Waals surface area contributed by atoms with Gasteiger partial charge in [-0.15, -0.1) is 0 Å². The number of aliphatic hydroxyl groups is 1. The molecule has 3 aliphatic heterocycles. The summed E-state index contributed by atoms with van der Waals surface area (Å²) >= 11 is 0. The molecule has 2 amide bonds. The summed E-state index contributed by atoms with van der Waals surface area (Å²) in [5, 5.41) is 15.0. The molecule has 2 bridgehead atoms. The molecule has 8 nitrogen and oxygen atoms in total. The maximum Gasteiger partial charge on any atom is 0.312 e. The number of benzene rings is 2. The van der Waals surface area contributed by atoms with Crippen LogP contribution in [0.25, 0.3) is 10.8 Å². The van der Waals surface area contributed by atoms with E-state index in [4.69, 9.17) is 9.47 Å². The minimum absolute atomic E-state index is 0.0682. The summed E-state index contributed by atoms with van der Waals surface area (Å²) in [4.78, 5) is 42.2. The van der Waals surface area contributed by atoms with E-state index in [1.165, 1.54) is 4.90 Å². The second kappa shape index (κ2) is 8.31. The second-order valence-electron chi connectivity index (χ2n) is 10.3. The number of aliphatic hydroxyl groups excluding tert-OH is 1. The molecule has 5 rings (SSSR count). The third-order valence-electron chi connectivity index (χ3n) is 8.30. The van der Waals surface area contributed by atoms with Crippen LogP contribution in [0.2, 0.25) is 0 Å². The zero-order valence-corrected chi connectivity index (χ0v) is 20.5. The molecule has 2 aromatic carbocycles. The van der Waals surface area contributed by atoms with Crippen LogP contribution in [0.1, 0.15) is 34.1 Å². The molecule has 8 heteroatoms. The van der Waals surface area contributed by atoms with Crippen LogP contribution in [0.5, 0.6) is 0 Å². The van der Waals surface area contributed by atoms with Crippen molar-refractivity contribution in [3.05, 3.63) is 42.5 Å². The van der Waals surface area contributed by atoms with E-state index in [0.29, 0.717) is 12.1 Å². The van der Waals surface area contributed by atoms with E-state index < -0.39 is 47.0 Å². The van der Waals surface area contributed by atoms with Crippen LogP contribution in [0.4, 0.5) is 5.69 Å². The van der Waals surface area contributed by atoms with Gasteiger partial charge in [0, 0.05) is 5.69 Å². The Hall–Kier alpha value is -2.97. The number of nitrogens with zero attached hydrogens (tertiary/aromatic N) is 1. The molecular formula is C27H32N2O6. The molecule has 0 aliphatic carbocycles. The highest BCUT2D eigenvalue weighted by atomic mass is 16.6. The Morgan fingerprint density at radius 3 is 2.66 bits per heavy atom. The number of rotatable bonds is 6. The highest BCUT2D eigenvalue weighted by Crippen LogP contribution is 2.65. The average molecular weight is 481 g/mol. The minimum atomic E-state index is -1.17. The van der Waals surface area contributed by atoms with Gasteiger partial charge in [-0.05, 0) is 56.0 Å². The number of ether oxygens (including phenoxy) is 2. The Morgan fingerprint density at radius 1 is 1.26 bits per heavy atom. The topological polar surface area (TPSA) is 105 Å². The van der Waals surface area contributed by atoms with Gasteiger partial charge in [0.05, 0.1) is 30.8 Å². The quantitative estimate of drug-likeness (QED) is 0.616. The lowest BCUT2D eigenvalue weighted by atomic mass is 9.62. The maximum atomic E-state index is 13.9. The molecule has 3 aliphatic rings. The largest absolute Gasteiger partial charge is 0.466 e. The van der Waals surface area contributed by atoms with Crippen molar-refractivity contribution in [2.24, 2.45) is 17.8 Å². The number of nitrogens with one attached hydrogen (secondary N) is 1. The predicted octanol–water partition coefficient (Wildman–Crippen LogP) is 2.73. The summed E-state index contributed by atoms with van der Waals surface area (Å²) in [6.45, 7) is 7.13. The second-order valence-corrected chi connectivity index (χ2v) is 10.3. The van der Waals surface area contributed by atoms with Crippen LogP contribution < -0.4 is 5.32 Å². The van der Waals surface area contributed by atoms with Crippen LogP contribution in [-0.2, 0) is 23.9 Å². The Balaban J connectivity index is 1.56. The van der Waals surface area contributed by atoms with Crippen molar-refractivity contribution in [1.82, 2.24) is 4.90 Å². The molecular weight excluding hydrogens is 448 g/mol. The number of likely N-dealkylation sites (tertiary alicyclic amines) is 1. The number of carbonyl (C=O) groups is 3. The van der Waals surface area contributed by atoms with E-state index in [0.717, 1.165) is 10.8 Å². The number of amides is 2. The fourth-order valence-corrected chi connectivity index (χ4v) is 6.61. The van der Waals surface area contributed by atoms with E-state index in [2.05, 4.69) is 5.32 Å². The van der Waals surface area contributed by atoms with Gasteiger partial charge in [0.1, 0.15) is 17.6 Å². The molecule has 0 saturated carbocycles. The molecule has 186 valence electrons. The third kappa shape index (κ3) is 3.30. The predicted molar refractivity (Wildman–Crippen MR) is 129 cm³/mol. The van der Waals surface area contributed by atoms with Crippen molar-refractivity contribution < 1.29 is 29.0 Å². The van der Waals surface area contributed by atoms with Crippen LogP contribution in [0.15, 0.2) is 42.5 Å². The fraction of sp³-hybridized carbons (Fsp3) is 0.519. The van der Waals surface area contributed by atoms with Gasteiger partial charge >= 0.3 is 5.97 Å². The van der Waals surface area contributed by atoms with Gasteiger partial charge < -0.3 is 24.8 Å². The molecule has 0 radical (unpaired) electrons. The van der Waals surface area contributed by atoms with Crippen LogP contribution >= 0.6 is 0 Å². The number of esters is 1. The summed E-state index contributed by atoms with van der Waals surface area (Å²) in [5.74, 6) is -2.94. The molecule has 35 heavy (non-hydrogen) atoms. The van der Waals surface area contributed by atoms with Crippen molar-refractivity contribution >= 4 is 34.2 Å². The number of hydrogen-bond donors (Lipinski definition) is 2. The molecule has 3 fully saturated rings. The van der Waals surface area contributed by atoms with Gasteiger partial charge in [0.15, 0.2) is 0 Å². The molecule has 3 saturated heterocycles. The van der Waals surface area contributed by atoms with Crippen LogP contribution in [-0.4, -0.2) is 64.3 Å². The molecule has 2 N–H and O–H groups in total. The lowest BCUT2D eigenvalue weighted by Crippen LogP contribution is -2.56. The zero-order valence-electron chi connectivity index (χ0n) is 20.5. The first kappa shape index (κ1) is 23.8. The first-order chi connectivity index (χ1) is 16.7. The van der Waals surface area contributed by atoms with E-state index in [1.54, 1.807) is 13.8 Å². The number of fused-ring (bicyclic) bond motifs is 2. The summed E-state index contributed by atoms with van der Waals surface area (Å²) in [6, 6.07) is 11.9. The van der Waals surface area contributed by atoms with E-state index in [1.807, 2.05) is 56.3 Å². The lowest BCUT2D eigenvalue weighted by molar-refractivity contribution is -0.161. The fourth-order valence-electron chi connectivity index (χ4n) is 6.61. The number of hydrogen-bond acceptors (Lipinski definition) is 6. The summed E-state index contributed by atoms with van der Waals surface area (Å²) in [5.41, 5.74) is -1.48. The molecule has 7 atom stereocenters. The van der Waals surface area contributed by atoms with Gasteiger partial charge in [-0.3, -0.25) is 14.4 Å². The van der Waals surface area contributed by atoms with Crippen molar-refractivity contribution in [2.45, 2.75) is 57.4 Å². The maximum absolute atomic E-state index is 13.9. The minimum Gasteiger partial charge on any atom is -0.466 e. The summed E-state index contributed by atoms with van der Waals surface area (Å²) in [6.07, 6.45) is 0.459. The monoisotopic (exact) mass is 480 g/mol. The van der Waals surface area contributed by atoms with Gasteiger partial charge in [0.25, 0.3) is 0 Å². The SMILES string of the molecule is CCOC(=O)[C@@H]1[C@H]2C(=O)N([C@H](C)CO)C(C(=O)Nc3ccc4ccccc4c3)C23CC(C)[C@@]1(C)O3. The number of carbonyl (C=O) groups excluding carboxylic acids is 3. The third-order valence-corrected chi connectivity index (χ3v) is 8.30. The highest BCUT2D eigenvalue weighted by molar-refractivity contribution is 6.04. The van der Waals surface area contributed by atoms with Crippen LogP contribution in [0.3, 0.4) is 0 Å². The number of anilines is 1. The van der Waals surface area contributed by atoms with E-state index in [9.17, 15) is 19.5 Å². The van der Waals surface area contributed by atoms with E-state index in [-0.39, 0.29) is 25.0 Å². The van der Waals surface area contributed by atoms with Crippen molar-refractivity contribution in [3.8, 4) is 0 Å². The Kier molecular flexibility index (Phi) is 5.64. The van der Waals surface area contributed by atoms with Crippen LogP contribution in [0, 0.1) is 17.8 Å². The average Bonchev–Trinajstić information content (AvgIpc) is 3.35. The van der Waals surface area contributed by atoms with E-state index >= 15 is 0 Å². The van der Waals surface area contributed by atoms with Crippen molar-refractivity contribution in [3.63, 3.8) is 0 Å². The van der Waals surface area contributed by atoms with Gasteiger partial charge in [-0.1, -0.05) is 37.3 Å². The first-order valence-electron chi connectivity index (χ1n) is 12.3. The Bertz CT molecular complexity index is 1200. The molecule has 3 unspecified atom stereocenters. The van der Waals surface area contributed by atoms with Crippen molar-refractivity contribution in [2.75, 3.05) is 18.5 Å².